The average Bonchev–Trinajstić information content (AvgIpc) is 3.57. The minimum absolute atomic E-state index is 0.209. The van der Waals surface area contributed by atoms with E-state index in [0.29, 0.717) is 22.1 Å². The van der Waals surface area contributed by atoms with E-state index in [-0.39, 0.29) is 18.0 Å². The molecule has 3 heterocycles. The third-order valence-electron chi connectivity index (χ3n) is 6.52. The van der Waals surface area contributed by atoms with Crippen molar-refractivity contribution in [2.24, 2.45) is 0 Å². The molecule has 4 aromatic rings. The zero-order chi connectivity index (χ0) is 27.5. The number of carbonyl (C=O) groups excluding carboxylic acids is 2. The van der Waals surface area contributed by atoms with E-state index in [1.165, 1.54) is 14.0 Å². The summed E-state index contributed by atoms with van der Waals surface area (Å²) in [7, 11) is 2.92. The molecule has 10 heteroatoms. The highest BCUT2D eigenvalue weighted by molar-refractivity contribution is 7.80. The molecule has 0 radical (unpaired) electrons. The molecule has 1 amide bonds. The van der Waals surface area contributed by atoms with Crippen LogP contribution in [0.4, 0.5) is 11.4 Å². The van der Waals surface area contributed by atoms with Gasteiger partial charge in [0.2, 0.25) is 5.91 Å². The van der Waals surface area contributed by atoms with Gasteiger partial charge in [-0.2, -0.15) is 0 Å². The maximum Gasteiger partial charge on any atom is 0.337 e. The largest absolute Gasteiger partial charge is 0.495 e. The first kappa shape index (κ1) is 25.9. The summed E-state index contributed by atoms with van der Waals surface area (Å²) in [5, 5.41) is 6.82. The maximum atomic E-state index is 12.0. The number of anilines is 2. The molecule has 2 aromatic heterocycles. The van der Waals surface area contributed by atoms with Crippen LogP contribution in [0.3, 0.4) is 0 Å². The number of ether oxygens (including phenoxy) is 2. The molecule has 39 heavy (non-hydrogen) atoms. The highest BCUT2D eigenvalue weighted by Crippen LogP contribution is 2.43. The first-order valence-electron chi connectivity index (χ1n) is 12.2. The van der Waals surface area contributed by atoms with Gasteiger partial charge in [0.05, 0.1) is 37.2 Å². The number of esters is 1. The summed E-state index contributed by atoms with van der Waals surface area (Å²) in [4.78, 5) is 30.5. The normalized spacial score (nSPS) is 16.5. The highest BCUT2D eigenvalue weighted by Gasteiger charge is 2.42. The predicted molar refractivity (Wildman–Crippen MR) is 152 cm³/mol. The van der Waals surface area contributed by atoms with Crippen molar-refractivity contribution in [1.29, 1.82) is 0 Å². The Bertz CT molecular complexity index is 1520. The molecule has 1 fully saturated rings. The molecule has 5 rings (SSSR count). The van der Waals surface area contributed by atoms with Gasteiger partial charge in [0.1, 0.15) is 11.8 Å². The number of aromatic nitrogens is 2. The second-order valence-corrected chi connectivity index (χ2v) is 9.29. The molecule has 1 saturated heterocycles. The van der Waals surface area contributed by atoms with Crippen molar-refractivity contribution in [2.45, 2.75) is 19.0 Å². The van der Waals surface area contributed by atoms with E-state index >= 15 is 0 Å². The molecule has 0 bridgehead atoms. The number of hydrogen-bond donors (Lipinski definition) is 2. The van der Waals surface area contributed by atoms with Crippen molar-refractivity contribution < 1.29 is 19.1 Å². The lowest BCUT2D eigenvalue weighted by Crippen LogP contribution is -2.30. The van der Waals surface area contributed by atoms with Crippen molar-refractivity contribution in [3.63, 3.8) is 0 Å². The van der Waals surface area contributed by atoms with E-state index in [9.17, 15) is 9.59 Å². The van der Waals surface area contributed by atoms with Gasteiger partial charge in [-0.25, -0.2) is 4.79 Å². The number of rotatable bonds is 7. The Hall–Kier alpha value is -4.70. The van der Waals surface area contributed by atoms with Gasteiger partial charge in [0.15, 0.2) is 5.11 Å². The number of pyridine rings is 1. The van der Waals surface area contributed by atoms with E-state index in [0.717, 1.165) is 22.8 Å². The number of hydrogen-bond acceptors (Lipinski definition) is 6. The van der Waals surface area contributed by atoms with Gasteiger partial charge in [-0.05, 0) is 78.9 Å². The third-order valence-corrected chi connectivity index (χ3v) is 6.83. The lowest BCUT2D eigenvalue weighted by atomic mass is 10.0. The molecule has 2 aromatic carbocycles. The molecule has 0 spiro atoms. The van der Waals surface area contributed by atoms with Crippen molar-refractivity contribution in [3.8, 4) is 11.4 Å². The van der Waals surface area contributed by atoms with Gasteiger partial charge < -0.3 is 29.6 Å². The van der Waals surface area contributed by atoms with Gasteiger partial charge in [-0.15, -0.1) is 0 Å². The minimum atomic E-state index is -0.393. The van der Waals surface area contributed by atoms with Crippen LogP contribution in [-0.4, -0.2) is 40.8 Å². The van der Waals surface area contributed by atoms with Crippen LogP contribution in [0.5, 0.6) is 5.75 Å². The molecular formula is C29H27N5O4S. The van der Waals surface area contributed by atoms with Crippen molar-refractivity contribution in [1.82, 2.24) is 14.9 Å². The summed E-state index contributed by atoms with van der Waals surface area (Å²) in [6.45, 7) is 1.45. The number of benzene rings is 2. The first-order valence-corrected chi connectivity index (χ1v) is 12.6. The molecule has 1 aliphatic rings. The molecule has 2 N–H and O–H groups in total. The van der Waals surface area contributed by atoms with Crippen molar-refractivity contribution in [2.75, 3.05) is 24.4 Å². The van der Waals surface area contributed by atoms with Crippen LogP contribution in [0.1, 0.15) is 40.8 Å². The van der Waals surface area contributed by atoms with E-state index in [1.54, 1.807) is 31.5 Å². The van der Waals surface area contributed by atoms with Gasteiger partial charge in [0, 0.05) is 36.4 Å². The van der Waals surface area contributed by atoms with Gasteiger partial charge in [-0.1, -0.05) is 6.07 Å². The number of methoxy groups -OCH3 is 2. The van der Waals surface area contributed by atoms with Crippen LogP contribution in [-0.2, 0) is 9.53 Å². The number of amides is 1. The van der Waals surface area contributed by atoms with Crippen LogP contribution < -0.4 is 20.3 Å². The minimum Gasteiger partial charge on any atom is -0.495 e. The number of thiocarbonyl (C=S) groups is 1. The number of nitrogens with one attached hydrogen (secondary N) is 2. The monoisotopic (exact) mass is 541 g/mol. The average molecular weight is 542 g/mol. The summed E-state index contributed by atoms with van der Waals surface area (Å²) in [5.41, 5.74) is 4.43. The smallest absolute Gasteiger partial charge is 0.337 e. The Morgan fingerprint density at radius 1 is 1.00 bits per heavy atom. The van der Waals surface area contributed by atoms with Crippen LogP contribution >= 0.6 is 12.2 Å². The molecule has 2 atom stereocenters. The Morgan fingerprint density at radius 3 is 2.44 bits per heavy atom. The molecule has 9 nitrogen and oxygen atoms in total. The van der Waals surface area contributed by atoms with Crippen molar-refractivity contribution >= 4 is 40.6 Å². The predicted octanol–water partition coefficient (Wildman–Crippen LogP) is 4.80. The molecule has 0 aliphatic carbocycles. The Labute approximate surface area is 231 Å². The van der Waals surface area contributed by atoms with Crippen LogP contribution in [0.15, 0.2) is 85.2 Å². The molecular weight excluding hydrogens is 514 g/mol. The lowest BCUT2D eigenvalue weighted by Gasteiger charge is -2.29. The zero-order valence-electron chi connectivity index (χ0n) is 21.6. The first-order chi connectivity index (χ1) is 18.9. The zero-order valence-corrected chi connectivity index (χ0v) is 22.4. The molecule has 2 unspecified atom stereocenters. The fourth-order valence-electron chi connectivity index (χ4n) is 4.81. The Balaban J connectivity index is 1.63. The van der Waals surface area contributed by atoms with Crippen molar-refractivity contribution in [3.05, 3.63) is 102 Å². The fourth-order valence-corrected chi connectivity index (χ4v) is 5.16. The Morgan fingerprint density at radius 2 is 1.77 bits per heavy atom. The lowest BCUT2D eigenvalue weighted by molar-refractivity contribution is -0.114. The summed E-state index contributed by atoms with van der Waals surface area (Å²) in [5.74, 6) is -0.0609. The van der Waals surface area contributed by atoms with E-state index < -0.39 is 5.97 Å². The molecule has 1 aliphatic heterocycles. The van der Waals surface area contributed by atoms with Crippen LogP contribution in [0.2, 0.25) is 0 Å². The second kappa shape index (κ2) is 11.0. The maximum absolute atomic E-state index is 12.0. The standard InChI is InChI=1S/C29H27N5O4S/c1-18(35)31-23-17-21(13-14-25(23)37-2)34-27(26(32-29(34)39)22-7-4-5-15-30-22)24-8-6-16-33(24)20-11-9-19(10-12-20)28(36)38-3/h4-17,26-27H,1-3H3,(H,31,35)(H,32,39). The fraction of sp³-hybridized carbons (Fsp3) is 0.172. The van der Waals surface area contributed by atoms with E-state index in [2.05, 4.69) is 20.2 Å². The molecule has 198 valence electrons. The van der Waals surface area contributed by atoms with Crippen LogP contribution in [0.25, 0.3) is 5.69 Å². The van der Waals surface area contributed by atoms with Gasteiger partial charge >= 0.3 is 5.97 Å². The Kier molecular flexibility index (Phi) is 7.29. The van der Waals surface area contributed by atoms with Gasteiger partial charge in [0.25, 0.3) is 0 Å². The summed E-state index contributed by atoms with van der Waals surface area (Å²) >= 11 is 5.87. The number of carbonyl (C=O) groups is 2. The summed E-state index contributed by atoms with van der Waals surface area (Å²) in [6, 6.07) is 22.0. The van der Waals surface area contributed by atoms with Gasteiger partial charge in [-0.3, -0.25) is 9.78 Å². The summed E-state index contributed by atoms with van der Waals surface area (Å²) in [6.07, 6.45) is 3.72. The SMILES string of the molecule is COC(=O)c1ccc(-n2cccc2C2C(c3ccccn3)NC(=S)N2c2ccc(OC)c(NC(C)=O)c2)cc1. The number of nitrogens with zero attached hydrogens (tertiary/aromatic N) is 3. The highest BCUT2D eigenvalue weighted by atomic mass is 32.1. The topological polar surface area (TPSA) is 97.7 Å². The quantitative estimate of drug-likeness (QED) is 0.254. The molecule has 0 saturated carbocycles. The van der Waals surface area contributed by atoms with Crippen LogP contribution in [0, 0.1) is 0 Å². The second-order valence-electron chi connectivity index (χ2n) is 8.90. The van der Waals surface area contributed by atoms with E-state index in [4.69, 9.17) is 21.7 Å². The summed E-state index contributed by atoms with van der Waals surface area (Å²) < 4.78 is 12.4. The van der Waals surface area contributed by atoms with E-state index in [1.807, 2.05) is 65.7 Å². The third kappa shape index (κ3) is 5.06.